The molecular weight excluding hydrogens is 502 g/mol. The van der Waals surface area contributed by atoms with Crippen molar-refractivity contribution in [3.63, 3.8) is 0 Å². The first-order valence-corrected chi connectivity index (χ1v) is 13.1. The van der Waals surface area contributed by atoms with Crippen LogP contribution in [0.5, 0.6) is 0 Å². The van der Waals surface area contributed by atoms with Crippen molar-refractivity contribution in [3.05, 3.63) is 35.9 Å². The van der Waals surface area contributed by atoms with Gasteiger partial charge in [-0.2, -0.15) is 0 Å². The van der Waals surface area contributed by atoms with Gasteiger partial charge in [0.2, 0.25) is 23.6 Å². The molecule has 3 N–H and O–H groups in total. The Morgan fingerprint density at radius 2 is 1.62 bits per heavy atom. The zero-order valence-corrected chi connectivity index (χ0v) is 24.3. The smallest absolute Gasteiger partial charge is 0.270 e. The van der Waals surface area contributed by atoms with Gasteiger partial charge >= 0.3 is 0 Å². The molecule has 0 saturated carbocycles. The van der Waals surface area contributed by atoms with Gasteiger partial charge in [0.15, 0.2) is 0 Å². The van der Waals surface area contributed by atoms with E-state index in [1.54, 1.807) is 34.9 Å². The molecule has 1 aromatic carbocycles. The molecule has 1 aromatic rings. The summed E-state index contributed by atoms with van der Waals surface area (Å²) in [7, 11) is 3.09. The minimum absolute atomic E-state index is 0.132. The van der Waals surface area contributed by atoms with Crippen molar-refractivity contribution in [2.24, 2.45) is 10.8 Å². The Labute approximate surface area is 230 Å². The van der Waals surface area contributed by atoms with Crippen LogP contribution in [0, 0.1) is 10.8 Å². The fraction of sp³-hybridized carbons (Fsp3) is 0.607. The number of benzene rings is 1. The topological polar surface area (TPSA) is 137 Å². The zero-order chi connectivity index (χ0) is 29.5. The normalized spacial score (nSPS) is 17.0. The summed E-state index contributed by atoms with van der Waals surface area (Å²) in [6, 6.07) is 6.31. The van der Waals surface area contributed by atoms with Gasteiger partial charge in [0.05, 0.1) is 13.0 Å². The number of hydrogen-bond donors (Lipinski definition) is 3. The number of rotatable bonds is 11. The van der Waals surface area contributed by atoms with Crippen molar-refractivity contribution in [2.45, 2.75) is 79.1 Å². The maximum absolute atomic E-state index is 13.3. The van der Waals surface area contributed by atoms with Crippen LogP contribution in [0.4, 0.5) is 0 Å². The number of nitrogens with one attached hydrogen (secondary N) is 3. The quantitative estimate of drug-likeness (QED) is 0.359. The van der Waals surface area contributed by atoms with Crippen LogP contribution < -0.4 is 16.0 Å². The van der Waals surface area contributed by atoms with Crippen molar-refractivity contribution < 1.29 is 28.8 Å². The molecule has 3 atom stereocenters. The van der Waals surface area contributed by atoms with E-state index in [9.17, 15) is 24.0 Å². The Kier molecular flexibility index (Phi) is 10.6. The minimum atomic E-state index is -1.25. The van der Waals surface area contributed by atoms with Crippen molar-refractivity contribution in [2.75, 3.05) is 20.6 Å². The summed E-state index contributed by atoms with van der Waals surface area (Å²) >= 11 is 0. The van der Waals surface area contributed by atoms with Crippen LogP contribution in [-0.2, 0) is 35.4 Å². The van der Waals surface area contributed by atoms with E-state index >= 15 is 0 Å². The summed E-state index contributed by atoms with van der Waals surface area (Å²) in [5, 5.41) is 9.19. The average Bonchev–Trinajstić information content (AvgIpc) is 2.82. The van der Waals surface area contributed by atoms with Gasteiger partial charge in [-0.3, -0.25) is 28.8 Å². The zero-order valence-electron chi connectivity index (χ0n) is 24.3. The third kappa shape index (κ3) is 9.97. The van der Waals surface area contributed by atoms with Crippen LogP contribution in [-0.4, -0.2) is 78.3 Å². The maximum Gasteiger partial charge on any atom is 0.270 e. The van der Waals surface area contributed by atoms with E-state index in [1.165, 1.54) is 4.90 Å². The summed E-state index contributed by atoms with van der Waals surface area (Å²) in [5.41, 5.74) is -0.0618. The van der Waals surface area contributed by atoms with Crippen molar-refractivity contribution in [1.82, 2.24) is 25.9 Å². The van der Waals surface area contributed by atoms with Crippen LogP contribution in [0.1, 0.15) is 59.9 Å². The summed E-state index contributed by atoms with van der Waals surface area (Å²) in [6.07, 6.45) is -0.102. The molecule has 11 heteroatoms. The second-order valence-electron chi connectivity index (χ2n) is 12.4. The number of carbonyl (C=O) groups excluding carboxylic acids is 5. The van der Waals surface area contributed by atoms with Gasteiger partial charge in [-0.25, -0.2) is 5.06 Å². The molecule has 0 unspecified atom stereocenters. The molecule has 1 aliphatic rings. The molecule has 216 valence electrons. The third-order valence-corrected chi connectivity index (χ3v) is 6.07. The minimum Gasteiger partial charge on any atom is -0.349 e. The third-order valence-electron chi connectivity index (χ3n) is 6.07. The van der Waals surface area contributed by atoms with E-state index in [0.29, 0.717) is 0 Å². The summed E-state index contributed by atoms with van der Waals surface area (Å²) in [6.45, 7) is 11.5. The Morgan fingerprint density at radius 3 is 2.13 bits per heavy atom. The van der Waals surface area contributed by atoms with Crippen molar-refractivity contribution >= 4 is 29.5 Å². The highest BCUT2D eigenvalue weighted by Gasteiger charge is 2.41. The summed E-state index contributed by atoms with van der Waals surface area (Å²) in [5.74, 6) is -2.37. The standard InChI is InChI=1S/C28H43N5O6/c1-27(2,3)15-21(34)31-23(28(4,5)6)25(37)29-19(14-22(35)32(7)8)24(36)30-20-16-33(26(20)38)39-17-18-12-10-9-11-13-18/h9-13,19-20,23H,14-17H2,1-8H3,(H,29,37)(H,30,36)(H,31,34)/t19-,20-,23+/m0/s1. The summed E-state index contributed by atoms with van der Waals surface area (Å²) < 4.78 is 0. The van der Waals surface area contributed by atoms with Crippen LogP contribution in [0.15, 0.2) is 30.3 Å². The van der Waals surface area contributed by atoms with E-state index in [4.69, 9.17) is 4.84 Å². The lowest BCUT2D eigenvalue weighted by Gasteiger charge is -2.38. The van der Waals surface area contributed by atoms with Gasteiger partial charge in [0.25, 0.3) is 5.91 Å². The van der Waals surface area contributed by atoms with Gasteiger partial charge in [-0.05, 0) is 16.4 Å². The lowest BCUT2D eigenvalue weighted by atomic mass is 9.85. The fourth-order valence-electron chi connectivity index (χ4n) is 3.81. The largest absolute Gasteiger partial charge is 0.349 e. The molecule has 39 heavy (non-hydrogen) atoms. The lowest BCUT2D eigenvalue weighted by molar-refractivity contribution is -0.219. The maximum atomic E-state index is 13.3. The molecule has 0 bridgehead atoms. The van der Waals surface area contributed by atoms with E-state index in [-0.39, 0.29) is 43.2 Å². The molecule has 2 rings (SSSR count). The molecule has 0 aliphatic carbocycles. The predicted molar refractivity (Wildman–Crippen MR) is 146 cm³/mol. The Bertz CT molecular complexity index is 1040. The Morgan fingerprint density at radius 1 is 1.00 bits per heavy atom. The van der Waals surface area contributed by atoms with Gasteiger partial charge in [0.1, 0.15) is 24.7 Å². The molecule has 0 radical (unpaired) electrons. The molecule has 0 spiro atoms. The highest BCUT2D eigenvalue weighted by atomic mass is 16.7. The summed E-state index contributed by atoms with van der Waals surface area (Å²) in [4.78, 5) is 71.0. The van der Waals surface area contributed by atoms with Gasteiger partial charge in [-0.15, -0.1) is 0 Å². The first-order valence-electron chi connectivity index (χ1n) is 13.1. The van der Waals surface area contributed by atoms with E-state index < -0.39 is 41.3 Å². The van der Waals surface area contributed by atoms with E-state index in [2.05, 4.69) is 16.0 Å². The Hall–Kier alpha value is -3.47. The molecule has 1 heterocycles. The first-order chi connectivity index (χ1) is 18.0. The van der Waals surface area contributed by atoms with Gasteiger partial charge in [0, 0.05) is 20.5 Å². The van der Waals surface area contributed by atoms with Crippen molar-refractivity contribution in [1.29, 1.82) is 0 Å². The monoisotopic (exact) mass is 545 g/mol. The number of hydrogen-bond acceptors (Lipinski definition) is 6. The molecule has 1 aliphatic heterocycles. The second kappa shape index (κ2) is 13.1. The highest BCUT2D eigenvalue weighted by molar-refractivity contribution is 5.97. The number of hydroxylamine groups is 2. The number of amides is 5. The fourth-order valence-corrected chi connectivity index (χ4v) is 3.81. The molecule has 1 saturated heterocycles. The van der Waals surface area contributed by atoms with E-state index in [0.717, 1.165) is 10.6 Å². The Balaban J connectivity index is 2.06. The SMILES string of the molecule is CN(C)C(=O)C[C@H](NC(=O)[C@@H](NC(=O)CC(C)(C)C)C(C)(C)C)C(=O)N[C@H]1CN(OCc2ccccc2)C1=O. The van der Waals surface area contributed by atoms with Crippen LogP contribution >= 0.6 is 0 Å². The molecular formula is C28H43N5O6. The molecule has 11 nitrogen and oxygen atoms in total. The first kappa shape index (κ1) is 31.7. The van der Waals surface area contributed by atoms with Crippen LogP contribution in [0.3, 0.4) is 0 Å². The van der Waals surface area contributed by atoms with Crippen LogP contribution in [0.25, 0.3) is 0 Å². The average molecular weight is 546 g/mol. The van der Waals surface area contributed by atoms with Gasteiger partial charge in [-0.1, -0.05) is 71.9 Å². The number of nitrogens with zero attached hydrogens (tertiary/aromatic N) is 2. The van der Waals surface area contributed by atoms with Gasteiger partial charge < -0.3 is 20.9 Å². The predicted octanol–water partition coefficient (Wildman–Crippen LogP) is 1.38. The lowest BCUT2D eigenvalue weighted by Crippen LogP contribution is -2.66. The molecule has 0 aromatic heterocycles. The van der Waals surface area contributed by atoms with E-state index in [1.807, 2.05) is 51.1 Å². The molecule has 5 amide bonds. The van der Waals surface area contributed by atoms with Crippen molar-refractivity contribution in [3.8, 4) is 0 Å². The second-order valence-corrected chi connectivity index (χ2v) is 12.4. The number of β-lactam (4-membered cyclic amide) rings is 1. The highest BCUT2D eigenvalue weighted by Crippen LogP contribution is 2.23. The van der Waals surface area contributed by atoms with Crippen LogP contribution in [0.2, 0.25) is 0 Å². The molecule has 1 fully saturated rings. The number of carbonyl (C=O) groups is 5.